The molecule has 0 radical (unpaired) electrons. The third-order valence-corrected chi connectivity index (χ3v) is 5.93. The van der Waals surface area contributed by atoms with Gasteiger partial charge in [0.2, 0.25) is 0 Å². The van der Waals surface area contributed by atoms with E-state index in [0.29, 0.717) is 42.8 Å². The molecular weight excluding hydrogens is 442 g/mol. The summed E-state index contributed by atoms with van der Waals surface area (Å²) in [7, 11) is 0. The fourth-order valence-corrected chi connectivity index (χ4v) is 4.01. The molecule has 4 aromatic rings. The molecule has 0 saturated heterocycles. The van der Waals surface area contributed by atoms with E-state index >= 15 is 0 Å². The molecule has 2 N–H and O–H groups in total. The van der Waals surface area contributed by atoms with Gasteiger partial charge in [0, 0.05) is 25.9 Å². The highest BCUT2D eigenvalue weighted by molar-refractivity contribution is 5.96. The van der Waals surface area contributed by atoms with E-state index in [1.54, 1.807) is 16.8 Å². The number of carbonyl (C=O) groups is 1. The molecule has 0 atom stereocenters. The number of amides is 1. The fourth-order valence-electron chi connectivity index (χ4n) is 4.01. The van der Waals surface area contributed by atoms with Crippen LogP contribution in [0, 0.1) is 19.3 Å². The van der Waals surface area contributed by atoms with E-state index in [9.17, 15) is 9.59 Å². The van der Waals surface area contributed by atoms with Gasteiger partial charge in [-0.25, -0.2) is 4.98 Å². The summed E-state index contributed by atoms with van der Waals surface area (Å²) >= 11 is 0. The largest absolute Gasteiger partial charge is 0.379 e. The van der Waals surface area contributed by atoms with Crippen LogP contribution in [0.25, 0.3) is 16.7 Å². The van der Waals surface area contributed by atoms with Gasteiger partial charge < -0.3 is 14.6 Å². The molecule has 0 fully saturated rings. The molecule has 182 valence electrons. The molecule has 0 aliphatic heterocycles. The number of fused-ring (bicyclic) bond motifs is 2. The van der Waals surface area contributed by atoms with Crippen LogP contribution in [0.1, 0.15) is 47.3 Å². The van der Waals surface area contributed by atoms with Gasteiger partial charge in [0.1, 0.15) is 16.8 Å². The highest BCUT2D eigenvalue weighted by Gasteiger charge is 2.18. The van der Waals surface area contributed by atoms with Crippen LogP contribution >= 0.6 is 0 Å². The topological polar surface area (TPSA) is 101 Å². The molecule has 0 aliphatic rings. The van der Waals surface area contributed by atoms with Crippen molar-refractivity contribution in [3.8, 4) is 0 Å². The molecule has 8 nitrogen and oxygen atoms in total. The number of benzene rings is 1. The van der Waals surface area contributed by atoms with Gasteiger partial charge in [-0.15, -0.1) is 0 Å². The Kier molecular flexibility index (Phi) is 7.12. The zero-order chi connectivity index (χ0) is 25.1. The zero-order valence-corrected chi connectivity index (χ0v) is 20.6. The lowest BCUT2D eigenvalue weighted by atomic mass is 10.1. The van der Waals surface area contributed by atoms with Crippen molar-refractivity contribution >= 4 is 22.6 Å². The summed E-state index contributed by atoms with van der Waals surface area (Å²) in [6.45, 7) is 9.06. The predicted molar refractivity (Wildman–Crippen MR) is 136 cm³/mol. The Balaban J connectivity index is 1.78. The van der Waals surface area contributed by atoms with Crippen LogP contribution in [0.4, 0.5) is 0 Å². The van der Waals surface area contributed by atoms with E-state index in [4.69, 9.17) is 15.1 Å². The van der Waals surface area contributed by atoms with Crippen molar-refractivity contribution in [2.24, 2.45) is 0 Å². The summed E-state index contributed by atoms with van der Waals surface area (Å²) in [5, 5.41) is 12.0. The molecule has 8 heteroatoms. The Hall–Kier alpha value is -3.78. The second kappa shape index (κ2) is 10.2. The molecule has 35 heavy (non-hydrogen) atoms. The average molecular weight is 474 g/mol. The minimum absolute atomic E-state index is 0.0216. The summed E-state index contributed by atoms with van der Waals surface area (Å²) in [6.07, 6.45) is 2.39. The Morgan fingerprint density at radius 3 is 2.60 bits per heavy atom. The molecule has 0 saturated carbocycles. The maximum absolute atomic E-state index is 13.4. The molecule has 1 aromatic carbocycles. The number of nitrogens with zero attached hydrogens (tertiary/aromatic N) is 3. The van der Waals surface area contributed by atoms with Gasteiger partial charge in [-0.3, -0.25) is 19.4 Å². The van der Waals surface area contributed by atoms with Crippen LogP contribution in [-0.4, -0.2) is 32.6 Å². The third kappa shape index (κ3) is 5.17. The highest BCUT2D eigenvalue weighted by Crippen LogP contribution is 2.13. The standard InChI is InChI=1S/C27H31N5O3/c1-17(2)35-14-6-13-31-23(28)21(26(33)29-16-20-10-8-18(3)9-11-20)15-22-25(31)30-24-19(4)7-5-12-32(24)27(22)34/h5,7-12,15,17,28H,6,13-14,16H2,1-4H3,(H,29,33). The number of pyridine rings is 2. The third-order valence-electron chi connectivity index (χ3n) is 5.93. The van der Waals surface area contributed by atoms with Crippen molar-refractivity contribution in [1.29, 1.82) is 5.41 Å². The molecule has 0 spiro atoms. The number of carbonyl (C=O) groups excluding carboxylic acids is 1. The first-order chi connectivity index (χ1) is 16.8. The quantitative estimate of drug-likeness (QED) is 0.302. The normalized spacial score (nSPS) is 11.5. The predicted octanol–water partition coefficient (Wildman–Crippen LogP) is 3.49. The fraction of sp³-hybridized carbons (Fsp3) is 0.333. The highest BCUT2D eigenvalue weighted by atomic mass is 16.5. The van der Waals surface area contributed by atoms with Crippen LogP contribution in [-0.2, 0) is 17.8 Å². The van der Waals surface area contributed by atoms with E-state index in [-0.39, 0.29) is 22.7 Å². The number of hydrogen-bond donors (Lipinski definition) is 2. The van der Waals surface area contributed by atoms with Crippen LogP contribution in [0.2, 0.25) is 0 Å². The summed E-state index contributed by atoms with van der Waals surface area (Å²) in [4.78, 5) is 31.3. The van der Waals surface area contributed by atoms with Gasteiger partial charge in [0.05, 0.1) is 17.1 Å². The summed E-state index contributed by atoms with van der Waals surface area (Å²) in [6, 6.07) is 13.1. The average Bonchev–Trinajstić information content (AvgIpc) is 2.83. The number of ether oxygens (including phenoxy) is 1. The van der Waals surface area contributed by atoms with E-state index < -0.39 is 5.91 Å². The minimum Gasteiger partial charge on any atom is -0.379 e. The second-order valence-electron chi connectivity index (χ2n) is 9.04. The molecule has 3 heterocycles. The SMILES string of the molecule is Cc1ccc(CNC(=O)c2cc3c(=O)n4cccc(C)c4nc3n(CCCOC(C)C)c2=N)cc1. The lowest BCUT2D eigenvalue weighted by Gasteiger charge is -2.16. The van der Waals surface area contributed by atoms with E-state index in [1.807, 2.05) is 58.0 Å². The first-order valence-electron chi connectivity index (χ1n) is 11.8. The molecule has 1 amide bonds. The number of hydrogen-bond acceptors (Lipinski definition) is 5. The molecule has 0 bridgehead atoms. The molecule has 3 aromatic heterocycles. The molecule has 0 aliphatic carbocycles. The van der Waals surface area contributed by atoms with Crippen molar-refractivity contribution in [2.75, 3.05) is 6.61 Å². The Morgan fingerprint density at radius 2 is 1.89 bits per heavy atom. The van der Waals surface area contributed by atoms with Crippen molar-refractivity contribution in [2.45, 2.75) is 53.3 Å². The first-order valence-corrected chi connectivity index (χ1v) is 11.8. The second-order valence-corrected chi connectivity index (χ2v) is 9.04. The minimum atomic E-state index is -0.404. The Bertz CT molecular complexity index is 1500. The van der Waals surface area contributed by atoms with Crippen LogP contribution < -0.4 is 16.4 Å². The maximum Gasteiger partial charge on any atom is 0.267 e. The summed E-state index contributed by atoms with van der Waals surface area (Å²) in [5.41, 5.74) is 3.77. The van der Waals surface area contributed by atoms with Crippen molar-refractivity contribution in [3.63, 3.8) is 0 Å². The van der Waals surface area contributed by atoms with Gasteiger partial charge in [-0.05, 0) is 57.4 Å². The number of rotatable bonds is 8. The summed E-state index contributed by atoms with van der Waals surface area (Å²) in [5.74, 6) is -0.404. The van der Waals surface area contributed by atoms with Gasteiger partial charge >= 0.3 is 0 Å². The Labute approximate surface area is 203 Å². The van der Waals surface area contributed by atoms with Gasteiger partial charge in [0.25, 0.3) is 11.5 Å². The lowest BCUT2D eigenvalue weighted by Crippen LogP contribution is -2.35. The first kappa shape index (κ1) is 24.3. The molecule has 4 rings (SSSR count). The van der Waals surface area contributed by atoms with Crippen molar-refractivity contribution in [3.05, 3.63) is 86.8 Å². The number of aromatic nitrogens is 3. The van der Waals surface area contributed by atoms with Crippen LogP contribution in [0.3, 0.4) is 0 Å². The smallest absolute Gasteiger partial charge is 0.267 e. The van der Waals surface area contributed by atoms with Crippen molar-refractivity contribution in [1.82, 2.24) is 19.3 Å². The number of nitrogens with one attached hydrogen (secondary N) is 2. The zero-order valence-electron chi connectivity index (χ0n) is 20.6. The van der Waals surface area contributed by atoms with Gasteiger partial charge in [0.15, 0.2) is 0 Å². The monoisotopic (exact) mass is 473 g/mol. The van der Waals surface area contributed by atoms with Crippen LogP contribution in [0.15, 0.2) is 53.5 Å². The van der Waals surface area contributed by atoms with Gasteiger partial charge in [-0.2, -0.15) is 0 Å². The van der Waals surface area contributed by atoms with E-state index in [2.05, 4.69) is 5.32 Å². The summed E-state index contributed by atoms with van der Waals surface area (Å²) < 4.78 is 8.80. The number of aryl methyl sites for hydroxylation is 3. The lowest BCUT2D eigenvalue weighted by molar-refractivity contribution is 0.0748. The molecular formula is C27H31N5O3. The van der Waals surface area contributed by atoms with Crippen LogP contribution in [0.5, 0.6) is 0 Å². The van der Waals surface area contributed by atoms with Gasteiger partial charge in [-0.1, -0.05) is 35.9 Å². The maximum atomic E-state index is 13.4. The van der Waals surface area contributed by atoms with Crippen molar-refractivity contribution < 1.29 is 9.53 Å². The van der Waals surface area contributed by atoms with E-state index in [1.165, 1.54) is 10.5 Å². The Morgan fingerprint density at radius 1 is 1.14 bits per heavy atom. The van der Waals surface area contributed by atoms with E-state index in [0.717, 1.165) is 16.7 Å². The molecule has 0 unspecified atom stereocenters.